The summed E-state index contributed by atoms with van der Waals surface area (Å²) in [6.07, 6.45) is 4.74. The van der Waals surface area contributed by atoms with Crippen molar-refractivity contribution >= 4 is 23.2 Å². The summed E-state index contributed by atoms with van der Waals surface area (Å²) in [7, 11) is 0. The van der Waals surface area contributed by atoms with E-state index in [1.807, 2.05) is 9.80 Å². The van der Waals surface area contributed by atoms with Crippen molar-refractivity contribution in [2.24, 2.45) is 0 Å². The van der Waals surface area contributed by atoms with Gasteiger partial charge in [0.2, 0.25) is 5.91 Å². The van der Waals surface area contributed by atoms with Crippen molar-refractivity contribution in [1.29, 1.82) is 0 Å². The van der Waals surface area contributed by atoms with Crippen LogP contribution in [-0.4, -0.2) is 85.5 Å². The van der Waals surface area contributed by atoms with E-state index >= 15 is 0 Å². The summed E-state index contributed by atoms with van der Waals surface area (Å²) in [5.41, 5.74) is 1.39. The Bertz CT molecular complexity index is 637. The van der Waals surface area contributed by atoms with Crippen LogP contribution in [-0.2, 0) is 22.4 Å². The van der Waals surface area contributed by atoms with Crippen LogP contribution in [0, 0.1) is 0 Å². The van der Waals surface area contributed by atoms with Crippen LogP contribution < -0.4 is 0 Å². The molecule has 0 radical (unpaired) electrons. The highest BCUT2D eigenvalue weighted by Crippen LogP contribution is 2.30. The highest BCUT2D eigenvalue weighted by Gasteiger charge is 2.27. The van der Waals surface area contributed by atoms with Gasteiger partial charge in [0.25, 0.3) is 5.91 Å². The first-order chi connectivity index (χ1) is 12.7. The Hall–Kier alpha value is -1.44. The van der Waals surface area contributed by atoms with Crippen molar-refractivity contribution in [2.45, 2.75) is 25.7 Å². The molecule has 0 saturated carbocycles. The number of fused-ring (bicyclic) bond motifs is 1. The summed E-state index contributed by atoms with van der Waals surface area (Å²) < 4.78 is 5.30. The highest BCUT2D eigenvalue weighted by atomic mass is 32.1. The van der Waals surface area contributed by atoms with E-state index in [1.54, 1.807) is 11.3 Å². The highest BCUT2D eigenvalue weighted by molar-refractivity contribution is 7.14. The Morgan fingerprint density at radius 2 is 1.69 bits per heavy atom. The monoisotopic (exact) mass is 377 g/mol. The van der Waals surface area contributed by atoms with E-state index < -0.39 is 0 Å². The van der Waals surface area contributed by atoms with Crippen LogP contribution in [0.25, 0.3) is 0 Å². The van der Waals surface area contributed by atoms with Gasteiger partial charge in [-0.3, -0.25) is 14.5 Å². The van der Waals surface area contributed by atoms with Gasteiger partial charge < -0.3 is 14.5 Å². The molecule has 2 aliphatic heterocycles. The van der Waals surface area contributed by atoms with Crippen LogP contribution in [0.5, 0.6) is 0 Å². The van der Waals surface area contributed by atoms with Crippen molar-refractivity contribution in [2.75, 3.05) is 59.0 Å². The van der Waals surface area contributed by atoms with Gasteiger partial charge in [0.1, 0.15) is 0 Å². The number of carbonyl (C=O) groups excluding carboxylic acids is 2. The van der Waals surface area contributed by atoms with Gasteiger partial charge in [0.05, 0.1) is 24.6 Å². The summed E-state index contributed by atoms with van der Waals surface area (Å²) in [4.78, 5) is 33.5. The minimum atomic E-state index is 0.170. The zero-order valence-corrected chi connectivity index (χ0v) is 16.1. The molecule has 1 aromatic heterocycles. The molecule has 0 N–H and O–H groups in total. The number of amides is 2. The van der Waals surface area contributed by atoms with Gasteiger partial charge in [-0.2, -0.15) is 0 Å². The maximum absolute atomic E-state index is 12.8. The van der Waals surface area contributed by atoms with Crippen LogP contribution in [0.2, 0.25) is 0 Å². The van der Waals surface area contributed by atoms with Crippen molar-refractivity contribution in [1.82, 2.24) is 14.7 Å². The van der Waals surface area contributed by atoms with Crippen molar-refractivity contribution in [3.8, 4) is 0 Å². The molecule has 1 aliphatic carbocycles. The molecular weight excluding hydrogens is 350 g/mol. The lowest BCUT2D eigenvalue weighted by atomic mass is 9.99. The van der Waals surface area contributed by atoms with Gasteiger partial charge in [-0.05, 0) is 37.3 Å². The molecule has 7 heteroatoms. The van der Waals surface area contributed by atoms with Crippen molar-refractivity contribution < 1.29 is 14.3 Å². The molecule has 0 unspecified atom stereocenters. The first-order valence-corrected chi connectivity index (χ1v) is 10.5. The lowest BCUT2D eigenvalue weighted by Crippen LogP contribution is -2.52. The van der Waals surface area contributed by atoms with Crippen LogP contribution >= 0.6 is 11.3 Å². The van der Waals surface area contributed by atoms with Gasteiger partial charge >= 0.3 is 0 Å². The second-order valence-corrected chi connectivity index (χ2v) is 8.46. The van der Waals surface area contributed by atoms with Crippen LogP contribution in [0.1, 0.15) is 33.0 Å². The standard InChI is InChI=1S/C19H27N3O3S/c23-18(21-9-11-25-12-10-21)14-20-5-7-22(8-6-20)19(24)17-13-15-3-1-2-4-16(15)26-17/h13H,1-12,14H2. The number of aryl methyl sites for hydroxylation is 2. The van der Waals surface area contributed by atoms with E-state index in [-0.39, 0.29) is 11.8 Å². The van der Waals surface area contributed by atoms with Crippen molar-refractivity contribution in [3.05, 3.63) is 21.4 Å². The minimum absolute atomic E-state index is 0.170. The summed E-state index contributed by atoms with van der Waals surface area (Å²) in [6, 6.07) is 2.12. The number of nitrogens with zero attached hydrogens (tertiary/aromatic N) is 3. The summed E-state index contributed by atoms with van der Waals surface area (Å²) >= 11 is 1.69. The largest absolute Gasteiger partial charge is 0.378 e. The maximum Gasteiger partial charge on any atom is 0.264 e. The number of morpholine rings is 1. The molecule has 0 bridgehead atoms. The summed E-state index contributed by atoms with van der Waals surface area (Å²) in [6.45, 7) is 6.07. The van der Waals surface area contributed by atoms with Crippen LogP contribution in [0.4, 0.5) is 0 Å². The lowest BCUT2D eigenvalue weighted by molar-refractivity contribution is -0.136. The van der Waals surface area contributed by atoms with E-state index in [4.69, 9.17) is 4.74 Å². The number of carbonyl (C=O) groups is 2. The minimum Gasteiger partial charge on any atom is -0.378 e. The van der Waals surface area contributed by atoms with E-state index in [1.165, 1.54) is 23.3 Å². The van der Waals surface area contributed by atoms with E-state index in [2.05, 4.69) is 11.0 Å². The Labute approximate surface area is 158 Å². The molecule has 2 saturated heterocycles. The number of piperazine rings is 1. The molecule has 0 spiro atoms. The third kappa shape index (κ3) is 3.94. The smallest absolute Gasteiger partial charge is 0.264 e. The average Bonchev–Trinajstić information content (AvgIpc) is 3.13. The third-order valence-corrected chi connectivity index (χ3v) is 6.81. The van der Waals surface area contributed by atoms with Gasteiger partial charge in [-0.25, -0.2) is 0 Å². The number of rotatable bonds is 3. The maximum atomic E-state index is 12.8. The van der Waals surface area contributed by atoms with Gasteiger partial charge in [-0.15, -0.1) is 11.3 Å². The first kappa shape index (κ1) is 17.9. The predicted octanol–water partition coefficient (Wildman–Crippen LogP) is 1.24. The molecule has 3 heterocycles. The molecule has 26 heavy (non-hydrogen) atoms. The second kappa shape index (κ2) is 8.06. The summed E-state index contributed by atoms with van der Waals surface area (Å²) in [5, 5.41) is 0. The fraction of sp³-hybridized carbons (Fsp3) is 0.684. The molecule has 1 aromatic rings. The van der Waals surface area contributed by atoms with Crippen molar-refractivity contribution in [3.63, 3.8) is 0 Å². The van der Waals surface area contributed by atoms with E-state index in [9.17, 15) is 9.59 Å². The Kier molecular flexibility index (Phi) is 5.57. The zero-order valence-electron chi connectivity index (χ0n) is 15.2. The molecule has 3 aliphatic rings. The quantitative estimate of drug-likeness (QED) is 0.795. The average molecular weight is 378 g/mol. The zero-order chi connectivity index (χ0) is 17.9. The molecular formula is C19H27N3O3S. The SMILES string of the molecule is O=C(CN1CCN(C(=O)c2cc3c(s2)CCCC3)CC1)N1CCOCC1. The molecule has 142 valence electrons. The van der Waals surface area contributed by atoms with Gasteiger partial charge in [0.15, 0.2) is 0 Å². The van der Waals surface area contributed by atoms with Gasteiger partial charge in [0, 0.05) is 44.1 Å². The number of ether oxygens (including phenoxy) is 1. The molecule has 0 atom stereocenters. The first-order valence-electron chi connectivity index (χ1n) is 9.69. The second-order valence-electron chi connectivity index (χ2n) is 7.33. The number of thiophene rings is 1. The van der Waals surface area contributed by atoms with E-state index in [0.717, 1.165) is 30.8 Å². The predicted molar refractivity (Wildman–Crippen MR) is 101 cm³/mol. The topological polar surface area (TPSA) is 53.1 Å². The van der Waals surface area contributed by atoms with Crippen LogP contribution in [0.3, 0.4) is 0 Å². The molecule has 2 amide bonds. The van der Waals surface area contributed by atoms with Crippen LogP contribution in [0.15, 0.2) is 6.07 Å². The molecule has 6 nitrogen and oxygen atoms in total. The van der Waals surface area contributed by atoms with Gasteiger partial charge in [-0.1, -0.05) is 0 Å². The Morgan fingerprint density at radius 1 is 0.962 bits per heavy atom. The molecule has 0 aromatic carbocycles. The Balaban J connectivity index is 1.28. The normalized spacial score (nSPS) is 21.5. The molecule has 2 fully saturated rings. The Morgan fingerprint density at radius 3 is 2.42 bits per heavy atom. The molecule has 4 rings (SSSR count). The lowest BCUT2D eigenvalue weighted by Gasteiger charge is -2.35. The fourth-order valence-corrected chi connectivity index (χ4v) is 5.19. The number of hydrogen-bond acceptors (Lipinski definition) is 5. The fourth-order valence-electron chi connectivity index (χ4n) is 3.97. The van der Waals surface area contributed by atoms with E-state index in [0.29, 0.717) is 45.9 Å². The summed E-state index contributed by atoms with van der Waals surface area (Å²) in [5.74, 6) is 0.350. The third-order valence-electron chi connectivity index (χ3n) is 5.59. The number of hydrogen-bond donors (Lipinski definition) is 0.